The van der Waals surface area contributed by atoms with Crippen LogP contribution in [0.4, 0.5) is 61.0 Å². The van der Waals surface area contributed by atoms with E-state index in [2.05, 4.69) is 0 Å². The van der Waals surface area contributed by atoms with Gasteiger partial charge in [0.05, 0.1) is 0 Å². The van der Waals surface area contributed by atoms with Gasteiger partial charge in [0.1, 0.15) is 0 Å². The highest BCUT2D eigenvalue weighted by Gasteiger charge is 2.90. The molecule has 0 atom stereocenters. The van der Waals surface area contributed by atoms with E-state index >= 15 is 0 Å². The summed E-state index contributed by atoms with van der Waals surface area (Å²) >= 11 is 0. The van der Waals surface area contributed by atoms with Crippen molar-refractivity contribution in [3.05, 3.63) is 12.1 Å². The number of ether oxygens (including phenoxy) is 1. The van der Waals surface area contributed by atoms with E-state index in [4.69, 9.17) is 0 Å². The van der Waals surface area contributed by atoms with Crippen LogP contribution in [0.25, 0.3) is 0 Å². The molecular weight excluding hydrogens is 430 g/mol. The SMILES string of the molecule is O=S(=O)(F)C(F)(F)C(F)(F)C(F)(F)C(F)(F)C(F)(F)OC(F)=C(F)F. The van der Waals surface area contributed by atoms with E-state index in [0.717, 1.165) is 0 Å². The van der Waals surface area contributed by atoms with Crippen LogP contribution in [0.5, 0.6) is 0 Å². The van der Waals surface area contributed by atoms with Crippen LogP contribution in [-0.4, -0.2) is 37.5 Å². The van der Waals surface area contributed by atoms with Crippen LogP contribution in [0.1, 0.15) is 0 Å². The summed E-state index contributed by atoms with van der Waals surface area (Å²) in [5.74, 6) is -24.2. The van der Waals surface area contributed by atoms with Crippen LogP contribution in [0.15, 0.2) is 12.1 Å². The van der Waals surface area contributed by atoms with Crippen molar-refractivity contribution in [2.75, 3.05) is 0 Å². The predicted octanol–water partition coefficient (Wildman–Crippen LogP) is 4.43. The second kappa shape index (κ2) is 6.04. The lowest BCUT2D eigenvalue weighted by molar-refractivity contribution is -0.435. The lowest BCUT2D eigenvalue weighted by atomic mass is 10.0. The summed E-state index contributed by atoms with van der Waals surface area (Å²) in [6, 6.07) is -3.98. The molecule has 0 unspecified atom stereocenters. The van der Waals surface area contributed by atoms with E-state index in [1.807, 2.05) is 0 Å². The minimum Gasteiger partial charge on any atom is -0.397 e. The summed E-state index contributed by atoms with van der Waals surface area (Å²) in [5.41, 5.74) is 0. The first-order valence-electron chi connectivity index (χ1n) is 4.81. The first-order chi connectivity index (χ1) is 10.6. The van der Waals surface area contributed by atoms with Crippen LogP contribution >= 0.6 is 0 Å². The highest BCUT2D eigenvalue weighted by atomic mass is 32.3. The molecule has 0 saturated carbocycles. The molecular formula is C7F14O3S. The van der Waals surface area contributed by atoms with Gasteiger partial charge in [-0.05, 0) is 0 Å². The van der Waals surface area contributed by atoms with E-state index in [9.17, 15) is 69.4 Å². The third-order valence-corrected chi connectivity index (χ3v) is 3.06. The second-order valence-electron chi connectivity index (χ2n) is 3.83. The number of halogens is 14. The summed E-state index contributed by atoms with van der Waals surface area (Å²) in [6.45, 7) is 0. The van der Waals surface area contributed by atoms with Crippen molar-refractivity contribution in [1.82, 2.24) is 0 Å². The average molecular weight is 430 g/mol. The second-order valence-corrected chi connectivity index (χ2v) is 5.22. The van der Waals surface area contributed by atoms with E-state index in [-0.39, 0.29) is 0 Å². The molecule has 150 valence electrons. The third-order valence-electron chi connectivity index (χ3n) is 2.19. The van der Waals surface area contributed by atoms with E-state index < -0.39 is 51.4 Å². The maximum atomic E-state index is 12.9. The minimum absolute atomic E-state index is 1.72. The third kappa shape index (κ3) is 3.43. The summed E-state index contributed by atoms with van der Waals surface area (Å²) in [7, 11) is -8.07. The highest BCUT2D eigenvalue weighted by Crippen LogP contribution is 2.58. The predicted molar refractivity (Wildman–Crippen MR) is 46.2 cm³/mol. The Morgan fingerprint density at radius 1 is 0.680 bits per heavy atom. The van der Waals surface area contributed by atoms with Crippen LogP contribution < -0.4 is 0 Å². The van der Waals surface area contributed by atoms with E-state index in [0.29, 0.717) is 0 Å². The first kappa shape index (κ1) is 23.5. The van der Waals surface area contributed by atoms with Gasteiger partial charge in [-0.25, -0.2) is 0 Å². The normalized spacial score (nSPS) is 15.1. The highest BCUT2D eigenvalue weighted by molar-refractivity contribution is 7.87. The van der Waals surface area contributed by atoms with Crippen LogP contribution in [0, 0.1) is 0 Å². The summed E-state index contributed by atoms with van der Waals surface area (Å²) in [5, 5.41) is -7.68. The molecule has 0 aromatic rings. The lowest BCUT2D eigenvalue weighted by Crippen LogP contribution is -2.68. The Balaban J connectivity index is 6.35. The zero-order valence-corrected chi connectivity index (χ0v) is 11.2. The Hall–Kier alpha value is -1.49. The van der Waals surface area contributed by atoms with Gasteiger partial charge in [-0.3, -0.25) is 0 Å². The Morgan fingerprint density at radius 3 is 1.32 bits per heavy atom. The van der Waals surface area contributed by atoms with Gasteiger partial charge in [-0.2, -0.15) is 65.5 Å². The fourth-order valence-electron chi connectivity index (χ4n) is 0.931. The number of alkyl halides is 10. The molecule has 0 spiro atoms. The molecule has 0 N–H and O–H groups in total. The minimum atomic E-state index is -8.15. The van der Waals surface area contributed by atoms with Crippen LogP contribution in [0.2, 0.25) is 0 Å². The Morgan fingerprint density at radius 2 is 1.04 bits per heavy atom. The summed E-state index contributed by atoms with van der Waals surface area (Å²) in [4.78, 5) is 0. The molecule has 0 aromatic carbocycles. The smallest absolute Gasteiger partial charge is 0.397 e. The molecule has 18 heteroatoms. The average Bonchev–Trinajstić information content (AvgIpc) is 2.35. The Labute approximate surface area is 127 Å². The topological polar surface area (TPSA) is 43.4 Å². The molecule has 0 aliphatic heterocycles. The van der Waals surface area contributed by atoms with Gasteiger partial charge in [0.2, 0.25) is 0 Å². The zero-order valence-electron chi connectivity index (χ0n) is 10.4. The van der Waals surface area contributed by atoms with Crippen molar-refractivity contribution in [2.24, 2.45) is 0 Å². The molecule has 3 nitrogen and oxygen atoms in total. The molecule has 0 aliphatic rings. The van der Waals surface area contributed by atoms with Crippen LogP contribution in [-0.2, 0) is 15.0 Å². The fraction of sp³-hybridized carbons (Fsp3) is 0.714. The van der Waals surface area contributed by atoms with Crippen molar-refractivity contribution in [2.45, 2.75) is 29.1 Å². The summed E-state index contributed by atoms with van der Waals surface area (Å²) < 4.78 is 195. The van der Waals surface area contributed by atoms with E-state index in [1.165, 1.54) is 0 Å². The van der Waals surface area contributed by atoms with Gasteiger partial charge in [-0.1, -0.05) is 3.89 Å². The quantitative estimate of drug-likeness (QED) is 0.341. The maximum absolute atomic E-state index is 12.9. The number of hydrogen-bond acceptors (Lipinski definition) is 3. The Kier molecular flexibility index (Phi) is 5.68. The van der Waals surface area contributed by atoms with Gasteiger partial charge in [0, 0.05) is 0 Å². The van der Waals surface area contributed by atoms with Gasteiger partial charge in [-0.15, -0.1) is 0 Å². The lowest BCUT2D eigenvalue weighted by Gasteiger charge is -2.37. The fourth-order valence-corrected chi connectivity index (χ4v) is 1.37. The monoisotopic (exact) mass is 430 g/mol. The molecule has 0 saturated heterocycles. The van der Waals surface area contributed by atoms with Gasteiger partial charge in [0.15, 0.2) is 0 Å². The molecule has 0 fully saturated rings. The first-order valence-corrected chi connectivity index (χ1v) is 6.19. The molecule has 0 amide bonds. The standard InChI is InChI=1S/C7F14O3S/c8-1(9)2(10)24-6(17,18)4(13,14)3(11,12)5(15,16)7(19,20)25(21,22)23. The summed E-state index contributed by atoms with van der Waals surface area (Å²) in [6.07, 6.45) is -11.3. The molecule has 0 aliphatic carbocycles. The Bertz CT molecular complexity index is 645. The van der Waals surface area contributed by atoms with Crippen molar-refractivity contribution in [1.29, 1.82) is 0 Å². The molecule has 0 radical (unpaired) electrons. The van der Waals surface area contributed by atoms with E-state index in [1.54, 1.807) is 4.74 Å². The van der Waals surface area contributed by atoms with Gasteiger partial charge >= 0.3 is 51.4 Å². The van der Waals surface area contributed by atoms with Crippen molar-refractivity contribution >= 4 is 10.2 Å². The van der Waals surface area contributed by atoms with Crippen molar-refractivity contribution < 1.29 is 74.1 Å². The molecule has 0 rings (SSSR count). The molecule has 0 bridgehead atoms. The number of rotatable bonds is 7. The number of hydrogen-bond donors (Lipinski definition) is 0. The zero-order chi connectivity index (χ0) is 20.9. The van der Waals surface area contributed by atoms with Crippen LogP contribution in [0.3, 0.4) is 0 Å². The van der Waals surface area contributed by atoms with Gasteiger partial charge < -0.3 is 4.74 Å². The maximum Gasteiger partial charge on any atom is 0.472 e. The van der Waals surface area contributed by atoms with Crippen molar-refractivity contribution in [3.63, 3.8) is 0 Å². The molecule has 0 heterocycles. The molecule has 25 heavy (non-hydrogen) atoms. The van der Waals surface area contributed by atoms with Crippen molar-refractivity contribution in [3.8, 4) is 0 Å². The largest absolute Gasteiger partial charge is 0.472 e. The van der Waals surface area contributed by atoms with Gasteiger partial charge in [0.25, 0.3) is 0 Å². The molecule has 0 aromatic heterocycles.